The summed E-state index contributed by atoms with van der Waals surface area (Å²) in [5, 5.41) is 5.49. The predicted octanol–water partition coefficient (Wildman–Crippen LogP) is 5.65. The van der Waals surface area contributed by atoms with Crippen LogP contribution in [-0.2, 0) is 4.79 Å². The van der Waals surface area contributed by atoms with Crippen molar-refractivity contribution in [1.29, 1.82) is 0 Å². The number of nitrogens with one attached hydrogen (secondary N) is 1. The largest absolute Gasteiger partial charge is 0.496 e. The summed E-state index contributed by atoms with van der Waals surface area (Å²) in [6.45, 7) is 0.962. The molecule has 0 unspecified atom stereocenters. The van der Waals surface area contributed by atoms with E-state index < -0.39 is 0 Å². The van der Waals surface area contributed by atoms with Crippen molar-refractivity contribution in [2.45, 2.75) is 12.8 Å². The fourth-order valence-electron chi connectivity index (χ4n) is 4.01. The molecule has 3 aromatic carbocycles. The molecule has 1 heterocycles. The van der Waals surface area contributed by atoms with E-state index in [1.54, 1.807) is 36.3 Å². The van der Waals surface area contributed by atoms with Crippen LogP contribution in [0.3, 0.4) is 0 Å². The molecule has 1 aliphatic heterocycles. The quantitative estimate of drug-likeness (QED) is 0.551. The number of likely N-dealkylation sites (tertiary alicyclic amines) is 1. The lowest BCUT2D eigenvalue weighted by Gasteiger charge is -2.32. The third kappa shape index (κ3) is 4.48. The summed E-state index contributed by atoms with van der Waals surface area (Å²) < 4.78 is 5.43. The maximum Gasteiger partial charge on any atom is 0.254 e. The molecule has 0 saturated carbocycles. The Kier molecular flexibility index (Phi) is 6.35. The van der Waals surface area contributed by atoms with E-state index in [4.69, 9.17) is 27.9 Å². The highest BCUT2D eigenvalue weighted by Crippen LogP contribution is 2.31. The number of hydrogen-bond donors (Lipinski definition) is 1. The van der Waals surface area contributed by atoms with E-state index in [-0.39, 0.29) is 17.7 Å². The van der Waals surface area contributed by atoms with Crippen LogP contribution in [-0.4, -0.2) is 36.9 Å². The molecule has 1 atom stereocenters. The Balaban J connectivity index is 1.54. The summed E-state index contributed by atoms with van der Waals surface area (Å²) in [6.07, 6.45) is 1.46. The number of nitrogens with zero attached hydrogens (tertiary/aromatic N) is 1. The Bertz CT molecular complexity index is 1150. The third-order valence-corrected chi connectivity index (χ3v) is 6.16. The molecule has 0 aromatic heterocycles. The molecular weight excluding hydrogens is 435 g/mol. The van der Waals surface area contributed by atoms with Crippen LogP contribution in [0.1, 0.15) is 23.2 Å². The van der Waals surface area contributed by atoms with Gasteiger partial charge >= 0.3 is 0 Å². The van der Waals surface area contributed by atoms with Crippen LogP contribution in [0.5, 0.6) is 5.75 Å². The summed E-state index contributed by atoms with van der Waals surface area (Å²) in [5.74, 6) is 0.150. The van der Waals surface area contributed by atoms with Gasteiger partial charge in [0, 0.05) is 29.1 Å². The van der Waals surface area contributed by atoms with Gasteiger partial charge in [-0.05, 0) is 48.6 Å². The summed E-state index contributed by atoms with van der Waals surface area (Å²) in [4.78, 5) is 28.0. The Hall–Kier alpha value is -2.76. The first-order chi connectivity index (χ1) is 15.0. The second kappa shape index (κ2) is 9.16. The summed E-state index contributed by atoms with van der Waals surface area (Å²) in [7, 11) is 1.61. The topological polar surface area (TPSA) is 58.6 Å². The Morgan fingerprint density at radius 1 is 1.06 bits per heavy atom. The summed E-state index contributed by atoms with van der Waals surface area (Å²) in [5.41, 5.74) is 1.08. The maximum atomic E-state index is 13.4. The van der Waals surface area contributed by atoms with Crippen molar-refractivity contribution in [1.82, 2.24) is 4.90 Å². The minimum absolute atomic E-state index is 0.0860. The van der Waals surface area contributed by atoms with Crippen molar-refractivity contribution in [3.63, 3.8) is 0 Å². The number of rotatable bonds is 4. The standard InChI is InChI=1S/C24H22Cl2N2O3/c1-31-22-11-9-19(17-6-2-3-7-18(17)22)24(30)28-12-4-5-15(14-28)23(29)27-21-13-16(25)8-10-20(21)26/h2-3,6-11,13,15H,4-5,12,14H2,1H3,(H,27,29)/t15-/m0/s1. The predicted molar refractivity (Wildman–Crippen MR) is 124 cm³/mol. The van der Waals surface area contributed by atoms with Crippen molar-refractivity contribution in [3.05, 3.63) is 70.2 Å². The van der Waals surface area contributed by atoms with Gasteiger partial charge in [0.1, 0.15) is 5.75 Å². The molecule has 0 bridgehead atoms. The van der Waals surface area contributed by atoms with E-state index in [9.17, 15) is 9.59 Å². The molecule has 1 fully saturated rings. The van der Waals surface area contributed by atoms with E-state index in [2.05, 4.69) is 5.32 Å². The Morgan fingerprint density at radius 2 is 1.84 bits per heavy atom. The van der Waals surface area contributed by atoms with Gasteiger partial charge < -0.3 is 15.0 Å². The molecule has 3 aromatic rings. The van der Waals surface area contributed by atoms with E-state index in [1.165, 1.54) is 0 Å². The van der Waals surface area contributed by atoms with Gasteiger partial charge in [-0.3, -0.25) is 9.59 Å². The summed E-state index contributed by atoms with van der Waals surface area (Å²) in [6, 6.07) is 16.2. The fraction of sp³-hybridized carbons (Fsp3) is 0.250. The molecule has 7 heteroatoms. The second-order valence-electron chi connectivity index (χ2n) is 7.56. The number of halogens is 2. The van der Waals surface area contributed by atoms with Crippen molar-refractivity contribution in [2.24, 2.45) is 5.92 Å². The van der Waals surface area contributed by atoms with Crippen LogP contribution in [0.4, 0.5) is 5.69 Å². The second-order valence-corrected chi connectivity index (χ2v) is 8.41. The minimum Gasteiger partial charge on any atom is -0.496 e. The lowest BCUT2D eigenvalue weighted by atomic mass is 9.95. The monoisotopic (exact) mass is 456 g/mol. The normalized spacial score (nSPS) is 16.2. The molecule has 5 nitrogen and oxygen atoms in total. The van der Waals surface area contributed by atoms with E-state index in [1.807, 2.05) is 30.3 Å². The zero-order chi connectivity index (χ0) is 22.0. The van der Waals surface area contributed by atoms with E-state index in [0.29, 0.717) is 40.8 Å². The van der Waals surface area contributed by atoms with Gasteiger partial charge in [-0.2, -0.15) is 0 Å². The van der Waals surface area contributed by atoms with Gasteiger partial charge in [0.25, 0.3) is 5.91 Å². The molecule has 0 spiro atoms. The van der Waals surface area contributed by atoms with Gasteiger partial charge in [-0.15, -0.1) is 0 Å². The number of benzene rings is 3. The van der Waals surface area contributed by atoms with Gasteiger partial charge in [0.2, 0.25) is 5.91 Å². The van der Waals surface area contributed by atoms with Gasteiger partial charge in [0.05, 0.1) is 23.7 Å². The van der Waals surface area contributed by atoms with Crippen molar-refractivity contribution < 1.29 is 14.3 Å². The number of amides is 2. The molecule has 160 valence electrons. The van der Waals surface area contributed by atoms with E-state index in [0.717, 1.165) is 22.9 Å². The van der Waals surface area contributed by atoms with Gasteiger partial charge in [-0.25, -0.2) is 0 Å². The molecule has 0 radical (unpaired) electrons. The number of fused-ring (bicyclic) bond motifs is 1. The highest BCUT2D eigenvalue weighted by molar-refractivity contribution is 6.35. The molecule has 2 amide bonds. The van der Waals surface area contributed by atoms with E-state index >= 15 is 0 Å². The maximum absolute atomic E-state index is 13.4. The fourth-order valence-corrected chi connectivity index (χ4v) is 4.35. The zero-order valence-electron chi connectivity index (χ0n) is 17.0. The lowest BCUT2D eigenvalue weighted by Crippen LogP contribution is -2.43. The van der Waals surface area contributed by atoms with Crippen molar-refractivity contribution >= 4 is 51.5 Å². The van der Waals surface area contributed by atoms with Crippen LogP contribution < -0.4 is 10.1 Å². The highest BCUT2D eigenvalue weighted by atomic mass is 35.5. The van der Waals surface area contributed by atoms with Crippen molar-refractivity contribution in [2.75, 3.05) is 25.5 Å². The third-order valence-electron chi connectivity index (χ3n) is 5.60. The first-order valence-electron chi connectivity index (χ1n) is 10.1. The van der Waals surface area contributed by atoms with Crippen LogP contribution in [0, 0.1) is 5.92 Å². The highest BCUT2D eigenvalue weighted by Gasteiger charge is 2.30. The number of carbonyl (C=O) groups excluding carboxylic acids is 2. The number of anilines is 1. The molecular formula is C24H22Cl2N2O3. The number of piperidine rings is 1. The molecule has 31 heavy (non-hydrogen) atoms. The van der Waals surface area contributed by atoms with Gasteiger partial charge in [-0.1, -0.05) is 47.5 Å². The summed E-state index contributed by atoms with van der Waals surface area (Å²) >= 11 is 12.2. The van der Waals surface area contributed by atoms with Crippen LogP contribution in [0.15, 0.2) is 54.6 Å². The van der Waals surface area contributed by atoms with Crippen molar-refractivity contribution in [3.8, 4) is 5.75 Å². The Labute approximate surface area is 190 Å². The molecule has 1 saturated heterocycles. The van der Waals surface area contributed by atoms with Gasteiger partial charge in [0.15, 0.2) is 0 Å². The SMILES string of the molecule is COc1ccc(C(=O)N2CCC[C@H](C(=O)Nc3cc(Cl)ccc3Cl)C2)c2ccccc12. The number of hydrogen-bond acceptors (Lipinski definition) is 3. The molecule has 1 N–H and O–H groups in total. The number of ether oxygens (including phenoxy) is 1. The minimum atomic E-state index is -0.322. The average Bonchev–Trinajstić information content (AvgIpc) is 2.80. The van der Waals surface area contributed by atoms with Crippen LogP contribution in [0.2, 0.25) is 10.0 Å². The lowest BCUT2D eigenvalue weighted by molar-refractivity contribution is -0.121. The molecule has 1 aliphatic rings. The Morgan fingerprint density at radius 3 is 2.61 bits per heavy atom. The smallest absolute Gasteiger partial charge is 0.254 e. The molecule has 0 aliphatic carbocycles. The molecule has 4 rings (SSSR count). The number of carbonyl (C=O) groups is 2. The first kappa shape index (κ1) is 21.5. The number of methoxy groups -OCH3 is 1. The average molecular weight is 457 g/mol. The van der Waals surface area contributed by atoms with Crippen LogP contribution in [0.25, 0.3) is 10.8 Å². The van der Waals surface area contributed by atoms with Crippen LogP contribution >= 0.6 is 23.2 Å². The zero-order valence-corrected chi connectivity index (χ0v) is 18.5. The first-order valence-corrected chi connectivity index (χ1v) is 10.8.